The van der Waals surface area contributed by atoms with Crippen molar-refractivity contribution in [3.63, 3.8) is 0 Å². The van der Waals surface area contributed by atoms with Gasteiger partial charge in [0.05, 0.1) is 24.3 Å². The van der Waals surface area contributed by atoms with E-state index in [4.69, 9.17) is 30.5 Å². The van der Waals surface area contributed by atoms with Crippen LogP contribution in [0.25, 0.3) is 0 Å². The molecule has 2 fully saturated rings. The molecule has 2 aromatic carbocycles. The maximum atomic E-state index is 13.2. The van der Waals surface area contributed by atoms with Crippen LogP contribution in [0.1, 0.15) is 27.6 Å². The molecule has 12 nitrogen and oxygen atoms in total. The third-order valence-corrected chi connectivity index (χ3v) is 8.01. The maximum Gasteiger partial charge on any atom is 0.339 e. The average molecular weight is 581 g/mol. The van der Waals surface area contributed by atoms with Gasteiger partial charge in [0.25, 0.3) is 0 Å². The van der Waals surface area contributed by atoms with Gasteiger partial charge >= 0.3 is 5.97 Å². The first-order valence-electron chi connectivity index (χ1n) is 13.0. The molecule has 5 rings (SSSR count). The topological polar surface area (TPSA) is 162 Å². The zero-order valence-electron chi connectivity index (χ0n) is 21.9. The number of nitrogens with zero attached hydrogens (tertiary/aromatic N) is 2. The summed E-state index contributed by atoms with van der Waals surface area (Å²) in [6.45, 7) is 3.38. The van der Waals surface area contributed by atoms with Crippen molar-refractivity contribution in [2.75, 3.05) is 53.0 Å². The normalized spacial score (nSPS) is 27.0. The molecule has 0 aromatic heterocycles. The minimum atomic E-state index is -1.56. The van der Waals surface area contributed by atoms with E-state index >= 15 is 0 Å². The smallest absolute Gasteiger partial charge is 0.339 e. The molecule has 5 N–H and O–H groups in total. The van der Waals surface area contributed by atoms with Crippen LogP contribution in [0.15, 0.2) is 24.3 Å². The van der Waals surface area contributed by atoms with Gasteiger partial charge in [-0.05, 0) is 12.1 Å². The van der Waals surface area contributed by atoms with Crippen LogP contribution in [0.5, 0.6) is 23.0 Å². The Hall–Kier alpha value is -2.84. The number of halogens is 1. The summed E-state index contributed by atoms with van der Waals surface area (Å²) in [5.41, 5.74) is 0.0759. The van der Waals surface area contributed by atoms with Crippen molar-refractivity contribution < 1.29 is 49.3 Å². The lowest BCUT2D eigenvalue weighted by Crippen LogP contribution is -2.58. The summed E-state index contributed by atoms with van der Waals surface area (Å²) >= 11 is 6.15. The van der Waals surface area contributed by atoms with E-state index in [-0.39, 0.29) is 29.0 Å². The molecule has 218 valence electrons. The molecular formula is C27H33ClN2O10. The van der Waals surface area contributed by atoms with Gasteiger partial charge in [0.1, 0.15) is 36.8 Å². The number of rotatable bonds is 8. The highest BCUT2D eigenvalue weighted by Gasteiger charge is 2.53. The van der Waals surface area contributed by atoms with Gasteiger partial charge in [0.15, 0.2) is 17.6 Å². The Bertz CT molecular complexity index is 1240. The van der Waals surface area contributed by atoms with Crippen LogP contribution in [0.2, 0.25) is 5.02 Å². The Labute approximate surface area is 235 Å². The molecule has 3 aliphatic heterocycles. The molecular weight excluding hydrogens is 548 g/mol. The number of carbonyl (C=O) groups is 1. The fourth-order valence-corrected chi connectivity index (χ4v) is 5.70. The van der Waals surface area contributed by atoms with Crippen LogP contribution < -0.4 is 9.47 Å². The fourth-order valence-electron chi connectivity index (χ4n) is 5.51. The Morgan fingerprint density at radius 3 is 2.42 bits per heavy atom. The number of benzene rings is 2. The Morgan fingerprint density at radius 1 is 1.05 bits per heavy atom. The van der Waals surface area contributed by atoms with Crippen molar-refractivity contribution in [3.05, 3.63) is 46.0 Å². The lowest BCUT2D eigenvalue weighted by Gasteiger charge is -2.45. The van der Waals surface area contributed by atoms with Gasteiger partial charge in [-0.25, -0.2) is 4.79 Å². The standard InChI is InChI=1S/C27H33ClN2O10/c1-37-25-20(32)14(12-30-8-6-29(7-9-30)10-11-38-16-5-3-2-4-15(16)28)18-19(22(25)34)24-26(40-27(18)36)23(35)21(33)17(13-31)39-24/h2-5,17,21,23-24,26,31-35H,6-13H2,1H3/t17-,21-,23+,24?,26?/m1/s1. The van der Waals surface area contributed by atoms with Gasteiger partial charge in [0.2, 0.25) is 5.75 Å². The minimum absolute atomic E-state index is 0.0225. The molecule has 0 saturated carbocycles. The number of aromatic hydroxyl groups is 2. The predicted octanol–water partition coefficient (Wildman–Crippen LogP) is 0.649. The zero-order valence-corrected chi connectivity index (χ0v) is 22.7. The maximum absolute atomic E-state index is 13.2. The summed E-state index contributed by atoms with van der Waals surface area (Å²) in [7, 11) is 1.27. The second kappa shape index (κ2) is 12.0. The first-order valence-corrected chi connectivity index (χ1v) is 13.4. The molecule has 40 heavy (non-hydrogen) atoms. The molecule has 2 saturated heterocycles. The van der Waals surface area contributed by atoms with Crippen LogP contribution in [-0.2, 0) is 16.0 Å². The number of para-hydroxylation sites is 1. The van der Waals surface area contributed by atoms with Gasteiger partial charge in [0, 0.05) is 50.4 Å². The summed E-state index contributed by atoms with van der Waals surface area (Å²) in [6, 6.07) is 7.29. The summed E-state index contributed by atoms with van der Waals surface area (Å²) in [5.74, 6) is -1.43. The number of ether oxygens (including phenoxy) is 4. The van der Waals surface area contributed by atoms with Gasteiger partial charge in [-0.1, -0.05) is 23.7 Å². The first kappa shape index (κ1) is 28.7. The number of fused-ring (bicyclic) bond motifs is 3. The number of hydrogen-bond acceptors (Lipinski definition) is 12. The summed E-state index contributed by atoms with van der Waals surface area (Å²) in [5, 5.41) is 53.1. The summed E-state index contributed by atoms with van der Waals surface area (Å²) < 4.78 is 22.3. The molecule has 3 heterocycles. The van der Waals surface area contributed by atoms with E-state index in [0.717, 1.165) is 0 Å². The quantitative estimate of drug-likeness (QED) is 0.278. The largest absolute Gasteiger partial charge is 0.504 e. The SMILES string of the molecule is COc1c(O)c(CN2CCN(CCOc3ccccc3Cl)CC2)c2c(c1O)C1O[C@H](CO)[C@@H](O)[C@H](O)C1OC2=O. The van der Waals surface area contributed by atoms with E-state index < -0.39 is 54.6 Å². The Morgan fingerprint density at radius 2 is 1.75 bits per heavy atom. The fraction of sp³-hybridized carbons (Fsp3) is 0.519. The van der Waals surface area contributed by atoms with Gasteiger partial charge in [-0.15, -0.1) is 0 Å². The van der Waals surface area contributed by atoms with Crippen molar-refractivity contribution >= 4 is 17.6 Å². The number of carbonyl (C=O) groups excluding carboxylic acids is 1. The van der Waals surface area contributed by atoms with Gasteiger partial charge in [-0.3, -0.25) is 9.80 Å². The van der Waals surface area contributed by atoms with Crippen molar-refractivity contribution in [1.29, 1.82) is 0 Å². The van der Waals surface area contributed by atoms with Crippen molar-refractivity contribution in [2.24, 2.45) is 0 Å². The molecule has 0 amide bonds. The second-order valence-corrected chi connectivity index (χ2v) is 10.4. The molecule has 2 aromatic rings. The first-order chi connectivity index (χ1) is 19.2. The van der Waals surface area contributed by atoms with Crippen LogP contribution in [0.4, 0.5) is 0 Å². The van der Waals surface area contributed by atoms with E-state index in [0.29, 0.717) is 50.1 Å². The summed E-state index contributed by atoms with van der Waals surface area (Å²) in [4.78, 5) is 17.5. The van der Waals surface area contributed by atoms with Crippen molar-refractivity contribution in [2.45, 2.75) is 37.1 Å². The number of aliphatic hydroxyl groups is 3. The number of methoxy groups -OCH3 is 1. The number of piperazine rings is 1. The number of aliphatic hydroxyl groups excluding tert-OH is 3. The molecule has 0 radical (unpaired) electrons. The Kier molecular flexibility index (Phi) is 8.57. The zero-order chi connectivity index (χ0) is 28.6. The molecule has 2 unspecified atom stereocenters. The highest BCUT2D eigenvalue weighted by Crippen LogP contribution is 2.52. The predicted molar refractivity (Wildman–Crippen MR) is 141 cm³/mol. The molecule has 3 aliphatic rings. The second-order valence-electron chi connectivity index (χ2n) is 10.0. The van der Waals surface area contributed by atoms with E-state index in [1.807, 2.05) is 23.1 Å². The third kappa shape index (κ3) is 5.28. The van der Waals surface area contributed by atoms with E-state index in [1.54, 1.807) is 6.07 Å². The summed E-state index contributed by atoms with van der Waals surface area (Å²) in [6.07, 6.45) is -6.79. The number of hydrogen-bond donors (Lipinski definition) is 5. The highest BCUT2D eigenvalue weighted by molar-refractivity contribution is 6.32. The van der Waals surface area contributed by atoms with E-state index in [2.05, 4.69) is 4.90 Å². The molecule has 13 heteroatoms. The highest BCUT2D eigenvalue weighted by atomic mass is 35.5. The van der Waals surface area contributed by atoms with E-state index in [1.165, 1.54) is 7.11 Å². The van der Waals surface area contributed by atoms with Gasteiger partial charge in [-0.2, -0.15) is 0 Å². The third-order valence-electron chi connectivity index (χ3n) is 7.69. The van der Waals surface area contributed by atoms with Crippen molar-refractivity contribution in [3.8, 4) is 23.0 Å². The molecule has 0 bridgehead atoms. The van der Waals surface area contributed by atoms with Crippen LogP contribution in [0.3, 0.4) is 0 Å². The lowest BCUT2D eigenvalue weighted by molar-refractivity contribution is -0.235. The van der Waals surface area contributed by atoms with Gasteiger partial charge < -0.3 is 44.5 Å². The Balaban J connectivity index is 1.33. The van der Waals surface area contributed by atoms with Crippen LogP contribution in [0, 0.1) is 0 Å². The lowest BCUT2D eigenvalue weighted by atomic mass is 9.84. The van der Waals surface area contributed by atoms with Crippen LogP contribution >= 0.6 is 11.6 Å². The molecule has 0 spiro atoms. The van der Waals surface area contributed by atoms with Crippen molar-refractivity contribution in [1.82, 2.24) is 9.80 Å². The average Bonchev–Trinajstić information content (AvgIpc) is 2.95. The van der Waals surface area contributed by atoms with Crippen LogP contribution in [-0.4, -0.2) is 119 Å². The van der Waals surface area contributed by atoms with E-state index in [9.17, 15) is 30.3 Å². The molecule has 5 atom stereocenters. The number of phenols is 2. The number of phenolic OH excluding ortho intramolecular Hbond substituents is 2. The monoisotopic (exact) mass is 580 g/mol. The minimum Gasteiger partial charge on any atom is -0.504 e. The number of esters is 1. The molecule has 0 aliphatic carbocycles.